The number of aliphatic hydroxyl groups is 1. The molecule has 40 heavy (non-hydrogen) atoms. The van der Waals surface area contributed by atoms with Crippen molar-refractivity contribution < 1.29 is 27.9 Å². The van der Waals surface area contributed by atoms with E-state index in [0.717, 1.165) is 11.3 Å². The lowest BCUT2D eigenvalue weighted by atomic mass is 9.75. The maximum Gasteiger partial charge on any atom is 0.426 e. The first kappa shape index (κ1) is 29.6. The number of alkyl halides is 3. The van der Waals surface area contributed by atoms with Crippen molar-refractivity contribution >= 4 is 29.2 Å². The monoisotopic (exact) mass is 577 g/mol. The Labute approximate surface area is 235 Å². The molecule has 1 N–H and O–H groups in total. The van der Waals surface area contributed by atoms with E-state index in [-0.39, 0.29) is 55.5 Å². The molecule has 1 aromatic heterocycles. The van der Waals surface area contributed by atoms with Crippen molar-refractivity contribution in [2.75, 3.05) is 45.2 Å². The summed E-state index contributed by atoms with van der Waals surface area (Å²) in [7, 11) is 3.24. The number of carbonyl (C=O) groups is 2. The Balaban J connectivity index is 1.50. The fraction of sp³-hybridized carbons (Fsp3) is 0.500. The van der Waals surface area contributed by atoms with E-state index in [9.17, 15) is 33.1 Å². The summed E-state index contributed by atoms with van der Waals surface area (Å²) in [6, 6.07) is 8.68. The molecular formula is C28H31ClF3N5O3. The number of carbonyl (C=O) groups excluding carboxylic acids is 2. The van der Waals surface area contributed by atoms with E-state index in [1.54, 1.807) is 49.5 Å². The molecule has 1 unspecified atom stereocenters. The zero-order chi connectivity index (χ0) is 29.2. The standard InChI is InChI=1S/C28H31ClF3N5O3/c1-35(2)25(38)22-9-8-18(15-23(22)29)20-14-19(16-33)24(34-17-20)36-10-12-37(13-11-36)26(39)27(40,28(30,31)32)21-6-4-3-5-7-21/h8-9,14-15,17,21,40H,3-7,10-13H2,1-2H3. The van der Waals surface area contributed by atoms with Gasteiger partial charge in [-0.25, -0.2) is 4.98 Å². The van der Waals surface area contributed by atoms with Gasteiger partial charge in [0.2, 0.25) is 5.60 Å². The molecule has 2 amide bonds. The van der Waals surface area contributed by atoms with Crippen LogP contribution < -0.4 is 4.90 Å². The van der Waals surface area contributed by atoms with Gasteiger partial charge in [-0.15, -0.1) is 0 Å². The van der Waals surface area contributed by atoms with Gasteiger partial charge in [0.1, 0.15) is 11.9 Å². The van der Waals surface area contributed by atoms with Crippen LogP contribution in [0, 0.1) is 17.2 Å². The summed E-state index contributed by atoms with van der Waals surface area (Å²) in [5.74, 6) is -2.35. The third-order valence-electron chi connectivity index (χ3n) is 7.75. The molecule has 0 radical (unpaired) electrons. The van der Waals surface area contributed by atoms with Crippen LogP contribution in [-0.4, -0.2) is 83.8 Å². The number of piperazine rings is 1. The lowest BCUT2D eigenvalue weighted by Gasteiger charge is -2.43. The van der Waals surface area contributed by atoms with Gasteiger partial charge in [0.15, 0.2) is 0 Å². The van der Waals surface area contributed by atoms with E-state index in [1.165, 1.54) is 4.90 Å². The number of nitriles is 1. The van der Waals surface area contributed by atoms with Crippen LogP contribution in [0.1, 0.15) is 48.0 Å². The highest BCUT2D eigenvalue weighted by molar-refractivity contribution is 6.34. The zero-order valence-electron chi connectivity index (χ0n) is 22.3. The van der Waals surface area contributed by atoms with Gasteiger partial charge < -0.3 is 19.8 Å². The Morgan fingerprint density at radius 2 is 1.73 bits per heavy atom. The fourth-order valence-electron chi connectivity index (χ4n) is 5.47. The molecule has 2 heterocycles. The SMILES string of the molecule is CN(C)C(=O)c1ccc(-c2cnc(N3CCN(C(=O)C(O)(C4CCCCC4)C(F)(F)F)CC3)c(C#N)c2)cc1Cl. The van der Waals surface area contributed by atoms with E-state index in [1.807, 2.05) is 0 Å². The first-order valence-electron chi connectivity index (χ1n) is 13.1. The molecule has 1 atom stereocenters. The number of halogens is 4. The lowest BCUT2D eigenvalue weighted by Crippen LogP contribution is -2.65. The third kappa shape index (κ3) is 5.60. The van der Waals surface area contributed by atoms with Gasteiger partial charge in [0, 0.05) is 58.0 Å². The highest BCUT2D eigenvalue weighted by Crippen LogP contribution is 2.44. The number of rotatable bonds is 5. The smallest absolute Gasteiger partial charge is 0.372 e. The van der Waals surface area contributed by atoms with E-state index < -0.39 is 23.6 Å². The van der Waals surface area contributed by atoms with Gasteiger partial charge >= 0.3 is 6.18 Å². The number of pyridine rings is 1. The summed E-state index contributed by atoms with van der Waals surface area (Å²) >= 11 is 6.33. The van der Waals surface area contributed by atoms with Gasteiger partial charge in [-0.2, -0.15) is 18.4 Å². The molecule has 1 aliphatic carbocycles. The van der Waals surface area contributed by atoms with Gasteiger partial charge in [0.05, 0.1) is 16.1 Å². The largest absolute Gasteiger partial charge is 0.426 e. The topological polar surface area (TPSA) is 101 Å². The molecule has 12 heteroatoms. The van der Waals surface area contributed by atoms with Crippen LogP contribution in [0.2, 0.25) is 5.02 Å². The van der Waals surface area contributed by atoms with E-state index in [2.05, 4.69) is 11.1 Å². The molecule has 1 saturated carbocycles. The van der Waals surface area contributed by atoms with E-state index in [4.69, 9.17) is 11.6 Å². The molecular weight excluding hydrogens is 547 g/mol. The average Bonchev–Trinajstić information content (AvgIpc) is 2.95. The van der Waals surface area contributed by atoms with E-state index >= 15 is 0 Å². The Morgan fingerprint density at radius 3 is 2.27 bits per heavy atom. The first-order chi connectivity index (χ1) is 18.9. The Bertz CT molecular complexity index is 1320. The van der Waals surface area contributed by atoms with Gasteiger partial charge in [-0.1, -0.05) is 36.9 Å². The number of amides is 2. The number of hydrogen-bond donors (Lipinski definition) is 1. The number of aromatic nitrogens is 1. The van der Waals surface area contributed by atoms with Gasteiger partial charge in [-0.05, 0) is 36.6 Å². The van der Waals surface area contributed by atoms with Crippen molar-refractivity contribution in [2.45, 2.75) is 43.9 Å². The summed E-state index contributed by atoms with van der Waals surface area (Å²) in [5, 5.41) is 20.8. The van der Waals surface area contributed by atoms with E-state index in [0.29, 0.717) is 35.3 Å². The first-order valence-corrected chi connectivity index (χ1v) is 13.5. The molecule has 1 aromatic carbocycles. The second-order valence-electron chi connectivity index (χ2n) is 10.5. The highest BCUT2D eigenvalue weighted by atomic mass is 35.5. The number of hydrogen-bond acceptors (Lipinski definition) is 6. The minimum absolute atomic E-state index is 0.0464. The Hall–Kier alpha value is -3.36. The van der Waals surface area contributed by atoms with Crippen molar-refractivity contribution in [1.82, 2.24) is 14.8 Å². The van der Waals surface area contributed by atoms with Crippen molar-refractivity contribution in [2.24, 2.45) is 5.92 Å². The molecule has 214 valence electrons. The molecule has 1 saturated heterocycles. The molecule has 8 nitrogen and oxygen atoms in total. The summed E-state index contributed by atoms with van der Waals surface area (Å²) < 4.78 is 42.2. The maximum atomic E-state index is 14.1. The van der Waals surface area contributed by atoms with Crippen molar-refractivity contribution in [1.29, 1.82) is 5.26 Å². The summed E-state index contributed by atoms with van der Waals surface area (Å²) in [6.07, 6.45) is -1.32. The Morgan fingerprint density at radius 1 is 1.07 bits per heavy atom. The second-order valence-corrected chi connectivity index (χ2v) is 10.9. The average molecular weight is 578 g/mol. The zero-order valence-corrected chi connectivity index (χ0v) is 23.1. The molecule has 0 spiro atoms. The number of benzene rings is 1. The molecule has 2 aliphatic rings. The maximum absolute atomic E-state index is 14.1. The quantitative estimate of drug-likeness (QED) is 0.562. The van der Waals surface area contributed by atoms with Crippen molar-refractivity contribution in [3.05, 3.63) is 46.6 Å². The van der Waals surface area contributed by atoms with Crippen LogP contribution in [0.25, 0.3) is 11.1 Å². The van der Waals surface area contributed by atoms with Crippen LogP contribution in [-0.2, 0) is 4.79 Å². The van der Waals surface area contributed by atoms with Crippen LogP contribution in [0.5, 0.6) is 0 Å². The molecule has 4 rings (SSSR count). The van der Waals surface area contributed by atoms with Crippen LogP contribution >= 0.6 is 11.6 Å². The summed E-state index contributed by atoms with van der Waals surface area (Å²) in [5.41, 5.74) is -1.56. The van der Waals surface area contributed by atoms with Gasteiger partial charge in [-0.3, -0.25) is 9.59 Å². The summed E-state index contributed by atoms with van der Waals surface area (Å²) in [6.45, 7) is 0.210. The molecule has 0 bridgehead atoms. The van der Waals surface area contributed by atoms with Crippen molar-refractivity contribution in [3.63, 3.8) is 0 Å². The highest BCUT2D eigenvalue weighted by Gasteiger charge is 2.64. The fourth-order valence-corrected chi connectivity index (χ4v) is 5.73. The second kappa shape index (κ2) is 11.6. The van der Waals surface area contributed by atoms with Crippen molar-refractivity contribution in [3.8, 4) is 17.2 Å². The Kier molecular flexibility index (Phi) is 8.61. The third-order valence-corrected chi connectivity index (χ3v) is 8.06. The normalized spacial score (nSPS) is 18.1. The number of anilines is 1. The predicted molar refractivity (Wildman–Crippen MR) is 144 cm³/mol. The molecule has 1 aliphatic heterocycles. The summed E-state index contributed by atoms with van der Waals surface area (Å²) in [4.78, 5) is 34.0. The van der Waals surface area contributed by atoms with Crippen LogP contribution in [0.15, 0.2) is 30.5 Å². The minimum Gasteiger partial charge on any atom is -0.372 e. The van der Waals surface area contributed by atoms with Gasteiger partial charge in [0.25, 0.3) is 11.8 Å². The lowest BCUT2D eigenvalue weighted by molar-refractivity contribution is -0.275. The van der Waals surface area contributed by atoms with Crippen LogP contribution in [0.3, 0.4) is 0 Å². The molecule has 2 fully saturated rings. The predicted octanol–water partition coefficient (Wildman–Crippen LogP) is 4.50. The number of nitrogens with zero attached hydrogens (tertiary/aromatic N) is 5. The molecule has 2 aromatic rings. The van der Waals surface area contributed by atoms with Crippen LogP contribution in [0.4, 0.5) is 19.0 Å². The minimum atomic E-state index is -5.07.